The molecule has 1 aliphatic carbocycles. The van der Waals surface area contributed by atoms with E-state index in [1.807, 2.05) is 22.9 Å². The van der Waals surface area contributed by atoms with E-state index >= 15 is 4.39 Å². The third-order valence-corrected chi connectivity index (χ3v) is 6.93. The standard InChI is InChI=1S/C25H17FN8OS/c26-19-17(14-7-15(9-27-8-14)30-25(35)12-1-2-12)10-29-22-18(19)21(33-34-22)24-31-20-16(13-4-6-36-11-13)3-5-28-23(20)32-24/h3-12H,1-2H2,(H,30,35)(H,28,31,32)(H,29,33,34). The molecule has 6 heterocycles. The lowest BCUT2D eigenvalue weighted by Crippen LogP contribution is -2.13. The van der Waals surface area contributed by atoms with E-state index < -0.39 is 5.82 Å². The molecule has 0 atom stereocenters. The summed E-state index contributed by atoms with van der Waals surface area (Å²) in [4.78, 5) is 33.0. The van der Waals surface area contributed by atoms with Crippen LogP contribution in [0.25, 0.3) is 56.0 Å². The fourth-order valence-electron chi connectivity index (χ4n) is 4.26. The molecule has 0 spiro atoms. The van der Waals surface area contributed by atoms with Crippen molar-refractivity contribution >= 4 is 45.1 Å². The number of H-pyrrole nitrogens is 2. The van der Waals surface area contributed by atoms with Gasteiger partial charge in [-0.3, -0.25) is 14.9 Å². The van der Waals surface area contributed by atoms with Crippen LogP contribution in [0.15, 0.2) is 53.7 Å². The SMILES string of the molecule is O=C(Nc1cncc(-c2cnc3n[nH]c(-c4nc5nccc(-c6ccsc6)c5[nH]4)c3c2F)c1)C1CC1. The van der Waals surface area contributed by atoms with Gasteiger partial charge in [-0.15, -0.1) is 0 Å². The van der Waals surface area contributed by atoms with E-state index in [4.69, 9.17) is 0 Å². The summed E-state index contributed by atoms with van der Waals surface area (Å²) in [5.41, 5.74) is 5.13. The van der Waals surface area contributed by atoms with Crippen molar-refractivity contribution in [2.45, 2.75) is 12.8 Å². The zero-order valence-corrected chi connectivity index (χ0v) is 19.4. The molecule has 1 fully saturated rings. The summed E-state index contributed by atoms with van der Waals surface area (Å²) < 4.78 is 16.0. The van der Waals surface area contributed by atoms with Crippen molar-refractivity contribution in [1.29, 1.82) is 0 Å². The van der Waals surface area contributed by atoms with Gasteiger partial charge in [0.25, 0.3) is 0 Å². The summed E-state index contributed by atoms with van der Waals surface area (Å²) in [6, 6.07) is 5.63. The fourth-order valence-corrected chi connectivity index (χ4v) is 4.91. The summed E-state index contributed by atoms with van der Waals surface area (Å²) >= 11 is 1.60. The first kappa shape index (κ1) is 20.8. The topological polar surface area (TPSA) is 125 Å². The number of carbonyl (C=O) groups excluding carboxylic acids is 1. The Balaban J connectivity index is 1.32. The second-order valence-corrected chi connectivity index (χ2v) is 9.44. The summed E-state index contributed by atoms with van der Waals surface area (Å²) in [7, 11) is 0. The van der Waals surface area contributed by atoms with Gasteiger partial charge in [-0.1, -0.05) is 0 Å². The highest BCUT2D eigenvalue weighted by molar-refractivity contribution is 7.08. The Kier molecular flexibility index (Phi) is 4.64. The molecule has 7 rings (SSSR count). The molecule has 0 aromatic carbocycles. The first-order chi connectivity index (χ1) is 17.7. The van der Waals surface area contributed by atoms with Crippen LogP contribution in [0.1, 0.15) is 12.8 Å². The molecule has 0 unspecified atom stereocenters. The maximum Gasteiger partial charge on any atom is 0.227 e. The van der Waals surface area contributed by atoms with Crippen LogP contribution >= 0.6 is 11.3 Å². The van der Waals surface area contributed by atoms with Crippen molar-refractivity contribution in [2.75, 3.05) is 5.32 Å². The van der Waals surface area contributed by atoms with E-state index in [0.29, 0.717) is 28.4 Å². The Bertz CT molecular complexity index is 1770. The molecule has 0 aliphatic heterocycles. The van der Waals surface area contributed by atoms with Gasteiger partial charge in [0.2, 0.25) is 5.91 Å². The molecule has 11 heteroatoms. The summed E-state index contributed by atoms with van der Waals surface area (Å²) in [6.07, 6.45) is 7.99. The third-order valence-electron chi connectivity index (χ3n) is 6.25. The lowest BCUT2D eigenvalue weighted by Gasteiger charge is -2.08. The lowest BCUT2D eigenvalue weighted by atomic mass is 10.1. The van der Waals surface area contributed by atoms with Crippen LogP contribution in [0.5, 0.6) is 0 Å². The van der Waals surface area contributed by atoms with E-state index in [-0.39, 0.29) is 28.4 Å². The molecule has 6 aromatic rings. The van der Waals surface area contributed by atoms with Crippen LogP contribution in [-0.2, 0) is 4.79 Å². The molecule has 0 saturated heterocycles. The first-order valence-corrected chi connectivity index (χ1v) is 12.3. The molecular formula is C25H17FN8OS. The van der Waals surface area contributed by atoms with Crippen LogP contribution in [0.2, 0.25) is 0 Å². The van der Waals surface area contributed by atoms with Crippen molar-refractivity contribution in [3.05, 3.63) is 59.6 Å². The molecule has 1 saturated carbocycles. The highest BCUT2D eigenvalue weighted by Gasteiger charge is 2.29. The van der Waals surface area contributed by atoms with Crippen LogP contribution < -0.4 is 5.32 Å². The Labute approximate surface area is 206 Å². The van der Waals surface area contributed by atoms with Crippen LogP contribution in [0, 0.1) is 11.7 Å². The maximum atomic E-state index is 16.0. The zero-order chi connectivity index (χ0) is 24.2. The Hall–Kier alpha value is -4.51. The van der Waals surface area contributed by atoms with Gasteiger partial charge >= 0.3 is 0 Å². The molecular weight excluding hydrogens is 479 g/mol. The van der Waals surface area contributed by atoms with Gasteiger partial charge in [0, 0.05) is 41.2 Å². The number of imidazole rings is 1. The van der Waals surface area contributed by atoms with Gasteiger partial charge in [-0.05, 0) is 47.4 Å². The minimum atomic E-state index is -0.511. The van der Waals surface area contributed by atoms with E-state index in [1.165, 1.54) is 12.4 Å². The molecule has 36 heavy (non-hydrogen) atoms. The Morgan fingerprint density at radius 3 is 2.83 bits per heavy atom. The largest absolute Gasteiger partial charge is 0.335 e. The number of thiophene rings is 1. The highest BCUT2D eigenvalue weighted by atomic mass is 32.1. The number of carbonyl (C=O) groups is 1. The van der Waals surface area contributed by atoms with E-state index in [9.17, 15) is 4.79 Å². The number of fused-ring (bicyclic) bond motifs is 2. The number of pyridine rings is 3. The second kappa shape index (κ2) is 8.02. The number of anilines is 1. The van der Waals surface area contributed by atoms with Crippen molar-refractivity contribution in [3.8, 4) is 33.8 Å². The van der Waals surface area contributed by atoms with Crippen molar-refractivity contribution in [2.24, 2.45) is 5.92 Å². The predicted octanol–water partition coefficient (Wildman–Crippen LogP) is 5.17. The lowest BCUT2D eigenvalue weighted by molar-refractivity contribution is -0.117. The minimum absolute atomic E-state index is 0.0413. The molecule has 1 aliphatic rings. The van der Waals surface area contributed by atoms with Gasteiger partial charge in [0.05, 0.1) is 22.8 Å². The predicted molar refractivity (Wildman–Crippen MR) is 135 cm³/mol. The fraction of sp³-hybridized carbons (Fsp3) is 0.120. The number of hydrogen-bond acceptors (Lipinski definition) is 7. The van der Waals surface area contributed by atoms with Gasteiger partial charge < -0.3 is 10.3 Å². The Morgan fingerprint density at radius 1 is 1.08 bits per heavy atom. The summed E-state index contributed by atoms with van der Waals surface area (Å²) in [5.74, 6) is -0.0947. The average molecular weight is 497 g/mol. The number of amides is 1. The number of hydrogen-bond donors (Lipinski definition) is 3. The number of aromatic amines is 2. The average Bonchev–Trinajstić information content (AvgIpc) is 3.27. The molecule has 1 amide bonds. The van der Waals surface area contributed by atoms with Crippen molar-refractivity contribution < 1.29 is 9.18 Å². The molecule has 0 radical (unpaired) electrons. The van der Waals surface area contributed by atoms with Gasteiger partial charge in [-0.25, -0.2) is 19.3 Å². The van der Waals surface area contributed by atoms with E-state index in [2.05, 4.69) is 40.4 Å². The smallest absolute Gasteiger partial charge is 0.227 e. The zero-order valence-electron chi connectivity index (χ0n) is 18.6. The van der Waals surface area contributed by atoms with Crippen molar-refractivity contribution in [3.63, 3.8) is 0 Å². The monoisotopic (exact) mass is 496 g/mol. The number of aromatic nitrogens is 7. The molecule has 3 N–H and O–H groups in total. The van der Waals surface area contributed by atoms with Crippen LogP contribution in [0.4, 0.5) is 10.1 Å². The highest BCUT2D eigenvalue weighted by Crippen LogP contribution is 2.35. The second-order valence-electron chi connectivity index (χ2n) is 8.66. The summed E-state index contributed by atoms with van der Waals surface area (Å²) in [6.45, 7) is 0. The number of rotatable bonds is 5. The maximum absolute atomic E-state index is 16.0. The molecule has 176 valence electrons. The van der Waals surface area contributed by atoms with Crippen molar-refractivity contribution in [1.82, 2.24) is 35.1 Å². The molecule has 0 bridgehead atoms. The minimum Gasteiger partial charge on any atom is -0.335 e. The Morgan fingerprint density at radius 2 is 2.00 bits per heavy atom. The van der Waals surface area contributed by atoms with Gasteiger partial charge in [-0.2, -0.15) is 16.4 Å². The van der Waals surface area contributed by atoms with E-state index in [0.717, 1.165) is 29.5 Å². The van der Waals surface area contributed by atoms with Gasteiger partial charge in [0.15, 0.2) is 17.1 Å². The summed E-state index contributed by atoms with van der Waals surface area (Å²) in [5, 5.41) is 14.2. The van der Waals surface area contributed by atoms with Crippen LogP contribution in [0.3, 0.4) is 0 Å². The van der Waals surface area contributed by atoms with E-state index in [1.54, 1.807) is 29.8 Å². The molecule has 9 nitrogen and oxygen atoms in total. The molecule has 6 aromatic heterocycles. The van der Waals surface area contributed by atoms with Gasteiger partial charge in [0.1, 0.15) is 11.5 Å². The quantitative estimate of drug-likeness (QED) is 0.302. The first-order valence-electron chi connectivity index (χ1n) is 11.3. The number of halogens is 1. The van der Waals surface area contributed by atoms with Crippen LogP contribution in [-0.4, -0.2) is 41.0 Å². The third kappa shape index (κ3) is 3.43. The normalized spacial score (nSPS) is 13.5. The number of nitrogens with zero attached hydrogens (tertiary/aromatic N) is 5. The number of nitrogens with one attached hydrogen (secondary N) is 3.